The van der Waals surface area contributed by atoms with Gasteiger partial charge in [-0.1, -0.05) is 24.3 Å². The molecule has 0 aliphatic heterocycles. The van der Waals surface area contributed by atoms with E-state index in [1.54, 1.807) is 23.9 Å². The monoisotopic (exact) mass is 370 g/mol. The molecule has 0 fully saturated rings. The van der Waals surface area contributed by atoms with E-state index in [2.05, 4.69) is 15.7 Å². The molecular formula is C19H19FN4OS. The third-order valence-electron chi connectivity index (χ3n) is 3.83. The zero-order valence-corrected chi connectivity index (χ0v) is 15.3. The number of anilines is 2. The molecule has 3 rings (SSSR count). The number of aryl methyl sites for hydroxylation is 1. The van der Waals surface area contributed by atoms with E-state index in [4.69, 9.17) is 17.0 Å². The van der Waals surface area contributed by atoms with Crippen molar-refractivity contribution in [2.24, 2.45) is 0 Å². The predicted octanol–water partition coefficient (Wildman–Crippen LogP) is 4.20. The predicted molar refractivity (Wildman–Crippen MR) is 105 cm³/mol. The summed E-state index contributed by atoms with van der Waals surface area (Å²) < 4.78 is 20.8. The molecular weight excluding hydrogens is 351 g/mol. The number of methoxy groups -OCH3 is 1. The molecule has 5 nitrogen and oxygen atoms in total. The number of ether oxygens (including phenoxy) is 1. The van der Waals surface area contributed by atoms with Gasteiger partial charge in [-0.25, -0.2) is 4.39 Å². The van der Waals surface area contributed by atoms with Gasteiger partial charge in [0.05, 0.1) is 13.7 Å². The number of nitrogens with one attached hydrogen (secondary N) is 2. The van der Waals surface area contributed by atoms with Gasteiger partial charge in [-0.2, -0.15) is 5.10 Å². The van der Waals surface area contributed by atoms with E-state index in [9.17, 15) is 4.39 Å². The highest BCUT2D eigenvalue weighted by atomic mass is 32.1. The molecule has 26 heavy (non-hydrogen) atoms. The van der Waals surface area contributed by atoms with Crippen molar-refractivity contribution in [3.05, 3.63) is 71.7 Å². The molecule has 0 saturated heterocycles. The summed E-state index contributed by atoms with van der Waals surface area (Å²) in [6.07, 6.45) is 0. The van der Waals surface area contributed by atoms with Gasteiger partial charge in [-0.15, -0.1) is 0 Å². The van der Waals surface area contributed by atoms with E-state index in [1.165, 1.54) is 6.07 Å². The number of nitrogens with zero attached hydrogens (tertiary/aromatic N) is 2. The largest absolute Gasteiger partial charge is 0.497 e. The first-order valence-electron chi connectivity index (χ1n) is 8.05. The highest BCUT2D eigenvalue weighted by molar-refractivity contribution is 7.80. The molecule has 0 radical (unpaired) electrons. The van der Waals surface area contributed by atoms with Crippen LogP contribution in [0.1, 0.15) is 11.3 Å². The van der Waals surface area contributed by atoms with E-state index in [0.29, 0.717) is 23.0 Å². The van der Waals surface area contributed by atoms with Crippen LogP contribution in [0, 0.1) is 12.7 Å². The van der Waals surface area contributed by atoms with Crippen LogP contribution in [-0.4, -0.2) is 22.0 Å². The molecule has 0 amide bonds. The van der Waals surface area contributed by atoms with Crippen molar-refractivity contribution >= 4 is 28.8 Å². The van der Waals surface area contributed by atoms with Crippen LogP contribution >= 0.6 is 12.2 Å². The minimum atomic E-state index is -0.243. The molecule has 0 atom stereocenters. The number of aromatic nitrogens is 2. The Morgan fingerprint density at radius 3 is 2.73 bits per heavy atom. The van der Waals surface area contributed by atoms with Crippen molar-refractivity contribution < 1.29 is 9.13 Å². The topological polar surface area (TPSA) is 51.1 Å². The average molecular weight is 370 g/mol. The zero-order valence-electron chi connectivity index (χ0n) is 14.5. The number of halogens is 1. The number of hydrogen-bond acceptors (Lipinski definition) is 3. The average Bonchev–Trinajstić information content (AvgIpc) is 2.96. The Morgan fingerprint density at radius 2 is 1.96 bits per heavy atom. The summed E-state index contributed by atoms with van der Waals surface area (Å²) in [6, 6.07) is 16.0. The van der Waals surface area contributed by atoms with Crippen molar-refractivity contribution in [3.63, 3.8) is 0 Å². The van der Waals surface area contributed by atoms with E-state index < -0.39 is 0 Å². The van der Waals surface area contributed by atoms with Gasteiger partial charge in [0.15, 0.2) is 10.9 Å². The van der Waals surface area contributed by atoms with Gasteiger partial charge in [0, 0.05) is 29.1 Å². The lowest BCUT2D eigenvalue weighted by molar-refractivity contribution is 0.415. The fourth-order valence-electron chi connectivity index (χ4n) is 2.50. The lowest BCUT2D eigenvalue weighted by Crippen LogP contribution is -2.19. The van der Waals surface area contributed by atoms with Crippen LogP contribution in [0.4, 0.5) is 15.9 Å². The van der Waals surface area contributed by atoms with Crippen LogP contribution in [0.3, 0.4) is 0 Å². The Bertz CT molecular complexity index is 925. The zero-order chi connectivity index (χ0) is 18.5. The molecule has 7 heteroatoms. The second-order valence-electron chi connectivity index (χ2n) is 5.73. The molecule has 0 aliphatic carbocycles. The Labute approximate surface area is 156 Å². The highest BCUT2D eigenvalue weighted by Crippen LogP contribution is 2.18. The van der Waals surface area contributed by atoms with Gasteiger partial charge in [0.1, 0.15) is 11.6 Å². The normalized spacial score (nSPS) is 10.4. The minimum Gasteiger partial charge on any atom is -0.497 e. The van der Waals surface area contributed by atoms with Crippen molar-refractivity contribution in [2.45, 2.75) is 13.5 Å². The van der Waals surface area contributed by atoms with Crippen LogP contribution in [0.15, 0.2) is 54.6 Å². The van der Waals surface area contributed by atoms with Gasteiger partial charge in [0.25, 0.3) is 0 Å². The number of thiocarbonyl (C=S) groups is 1. The summed E-state index contributed by atoms with van der Waals surface area (Å²) in [4.78, 5) is 0. The Kier molecular flexibility index (Phi) is 5.48. The van der Waals surface area contributed by atoms with Crippen molar-refractivity contribution in [3.8, 4) is 5.75 Å². The van der Waals surface area contributed by atoms with Gasteiger partial charge >= 0.3 is 0 Å². The second kappa shape index (κ2) is 7.97. The maximum Gasteiger partial charge on any atom is 0.176 e. The molecule has 0 saturated carbocycles. The van der Waals surface area contributed by atoms with Crippen molar-refractivity contribution in [2.75, 3.05) is 17.7 Å². The molecule has 1 aromatic heterocycles. The third-order valence-corrected chi connectivity index (χ3v) is 4.03. The minimum absolute atomic E-state index is 0.243. The third kappa shape index (κ3) is 4.37. The lowest BCUT2D eigenvalue weighted by Gasteiger charge is -2.09. The van der Waals surface area contributed by atoms with Crippen LogP contribution in [-0.2, 0) is 6.54 Å². The summed E-state index contributed by atoms with van der Waals surface area (Å²) in [7, 11) is 1.61. The second-order valence-corrected chi connectivity index (χ2v) is 6.14. The van der Waals surface area contributed by atoms with E-state index in [-0.39, 0.29) is 5.82 Å². The highest BCUT2D eigenvalue weighted by Gasteiger charge is 2.09. The maximum atomic E-state index is 13.8. The quantitative estimate of drug-likeness (QED) is 0.660. The van der Waals surface area contributed by atoms with Gasteiger partial charge in [-0.05, 0) is 37.3 Å². The van der Waals surface area contributed by atoms with E-state index in [0.717, 1.165) is 17.1 Å². The molecule has 134 valence electrons. The number of benzene rings is 2. The Hall–Kier alpha value is -2.93. The first-order chi connectivity index (χ1) is 12.5. The summed E-state index contributed by atoms with van der Waals surface area (Å²) in [5, 5.41) is 11.0. The van der Waals surface area contributed by atoms with Gasteiger partial charge < -0.3 is 15.4 Å². The molecule has 2 aromatic carbocycles. The fraction of sp³-hybridized carbons (Fsp3) is 0.158. The molecule has 0 unspecified atom stereocenters. The Balaban J connectivity index is 1.67. The molecule has 3 aromatic rings. The van der Waals surface area contributed by atoms with Crippen LogP contribution in [0.2, 0.25) is 0 Å². The number of rotatable bonds is 5. The van der Waals surface area contributed by atoms with Crippen LogP contribution in [0.25, 0.3) is 0 Å². The van der Waals surface area contributed by atoms with Crippen LogP contribution < -0.4 is 15.4 Å². The maximum absolute atomic E-state index is 13.8. The standard InChI is InChI=1S/C19H19FN4OS/c1-13-10-18(23-24(13)12-14-6-3-4-9-17(14)20)22-19(26)21-15-7-5-8-16(11-15)25-2/h3-11H,12H2,1-2H3,(H2,21,22,23,26). The van der Waals surface area contributed by atoms with E-state index >= 15 is 0 Å². The lowest BCUT2D eigenvalue weighted by atomic mass is 10.2. The smallest absolute Gasteiger partial charge is 0.176 e. The molecule has 0 bridgehead atoms. The number of hydrogen-bond donors (Lipinski definition) is 2. The summed E-state index contributed by atoms with van der Waals surface area (Å²) in [5.74, 6) is 1.09. The van der Waals surface area contributed by atoms with Crippen LogP contribution in [0.5, 0.6) is 5.75 Å². The summed E-state index contributed by atoms with van der Waals surface area (Å²) in [6.45, 7) is 2.27. The van der Waals surface area contributed by atoms with Gasteiger partial charge in [0.2, 0.25) is 0 Å². The Morgan fingerprint density at radius 1 is 1.15 bits per heavy atom. The van der Waals surface area contributed by atoms with Crippen molar-refractivity contribution in [1.82, 2.24) is 9.78 Å². The van der Waals surface area contributed by atoms with E-state index in [1.807, 2.05) is 43.3 Å². The summed E-state index contributed by atoms with van der Waals surface area (Å²) >= 11 is 5.33. The molecule has 1 heterocycles. The van der Waals surface area contributed by atoms with Crippen molar-refractivity contribution in [1.29, 1.82) is 0 Å². The SMILES string of the molecule is COc1cccc(NC(=S)Nc2cc(C)n(Cc3ccccc3F)n2)c1. The fourth-order valence-corrected chi connectivity index (χ4v) is 2.72. The first-order valence-corrected chi connectivity index (χ1v) is 8.46. The summed E-state index contributed by atoms with van der Waals surface area (Å²) in [5.41, 5.74) is 2.30. The molecule has 2 N–H and O–H groups in total. The van der Waals surface area contributed by atoms with Gasteiger partial charge in [-0.3, -0.25) is 4.68 Å². The molecule has 0 aliphatic rings. The first kappa shape index (κ1) is 17.9. The molecule has 0 spiro atoms.